The smallest absolute Gasteiger partial charge is 0.236 e. The van der Waals surface area contributed by atoms with Crippen molar-refractivity contribution in [2.45, 2.75) is 18.9 Å². The molecule has 0 radical (unpaired) electrons. The van der Waals surface area contributed by atoms with E-state index in [0.717, 1.165) is 58.0 Å². The quantitative estimate of drug-likeness (QED) is 0.858. The van der Waals surface area contributed by atoms with Crippen molar-refractivity contribution < 1.29 is 9.53 Å². The zero-order valence-electron chi connectivity index (χ0n) is 12.9. The summed E-state index contributed by atoms with van der Waals surface area (Å²) in [5.41, 5.74) is 0. The summed E-state index contributed by atoms with van der Waals surface area (Å²) >= 11 is 0. The fourth-order valence-electron chi connectivity index (χ4n) is 2.98. The molecule has 0 spiro atoms. The lowest BCUT2D eigenvalue weighted by Crippen LogP contribution is -2.51. The van der Waals surface area contributed by atoms with Crippen LogP contribution < -0.4 is 10.2 Å². The van der Waals surface area contributed by atoms with Crippen molar-refractivity contribution in [3.05, 3.63) is 24.4 Å². The molecule has 0 bridgehead atoms. The van der Waals surface area contributed by atoms with Crippen molar-refractivity contribution in [1.29, 1.82) is 0 Å². The third kappa shape index (κ3) is 3.96. The Bertz CT molecular complexity index is 468. The van der Waals surface area contributed by atoms with Crippen LogP contribution in [0.2, 0.25) is 0 Å². The number of rotatable bonds is 5. The first-order valence-electron chi connectivity index (χ1n) is 8.09. The van der Waals surface area contributed by atoms with E-state index in [1.165, 1.54) is 0 Å². The minimum absolute atomic E-state index is 0.179. The van der Waals surface area contributed by atoms with Gasteiger partial charge in [-0.2, -0.15) is 0 Å². The summed E-state index contributed by atoms with van der Waals surface area (Å²) in [5, 5.41) is 3.23. The summed E-state index contributed by atoms with van der Waals surface area (Å²) in [7, 11) is 0. The first-order valence-corrected chi connectivity index (χ1v) is 8.09. The molecule has 1 atom stereocenters. The van der Waals surface area contributed by atoms with Crippen LogP contribution in [0.5, 0.6) is 0 Å². The normalized spacial score (nSPS) is 22.1. The zero-order chi connectivity index (χ0) is 15.2. The summed E-state index contributed by atoms with van der Waals surface area (Å²) in [6, 6.07) is 5.93. The summed E-state index contributed by atoms with van der Waals surface area (Å²) in [5.74, 6) is 1.17. The van der Waals surface area contributed by atoms with Crippen LogP contribution >= 0.6 is 0 Å². The lowest BCUT2D eigenvalue weighted by molar-refractivity contribution is -0.130. The Morgan fingerprint density at radius 3 is 2.86 bits per heavy atom. The number of anilines is 1. The van der Waals surface area contributed by atoms with Crippen LogP contribution in [-0.2, 0) is 9.53 Å². The number of piperazine rings is 1. The molecule has 1 amide bonds. The highest BCUT2D eigenvalue weighted by Gasteiger charge is 2.22. The molecule has 2 aliphatic heterocycles. The lowest BCUT2D eigenvalue weighted by Gasteiger charge is -2.35. The van der Waals surface area contributed by atoms with Gasteiger partial charge in [-0.1, -0.05) is 6.07 Å². The van der Waals surface area contributed by atoms with E-state index in [9.17, 15) is 4.79 Å². The molecule has 0 saturated carbocycles. The van der Waals surface area contributed by atoms with Gasteiger partial charge < -0.3 is 19.9 Å². The molecule has 3 heterocycles. The number of pyridine rings is 1. The van der Waals surface area contributed by atoms with E-state index in [2.05, 4.69) is 15.2 Å². The Morgan fingerprint density at radius 2 is 2.18 bits per heavy atom. The molecule has 120 valence electrons. The average molecular weight is 304 g/mol. The van der Waals surface area contributed by atoms with Crippen molar-refractivity contribution in [1.82, 2.24) is 15.2 Å². The number of carbonyl (C=O) groups excluding carboxylic acids is 1. The van der Waals surface area contributed by atoms with Crippen LogP contribution in [0, 0.1) is 0 Å². The van der Waals surface area contributed by atoms with Crippen LogP contribution in [0.15, 0.2) is 24.4 Å². The van der Waals surface area contributed by atoms with Gasteiger partial charge in [-0.3, -0.25) is 4.79 Å². The molecule has 0 aliphatic carbocycles. The number of nitrogens with one attached hydrogen (secondary N) is 1. The molecular formula is C16H24N4O2. The van der Waals surface area contributed by atoms with E-state index in [4.69, 9.17) is 4.74 Å². The highest BCUT2D eigenvalue weighted by atomic mass is 16.5. The highest BCUT2D eigenvalue weighted by molar-refractivity contribution is 5.78. The van der Waals surface area contributed by atoms with Crippen molar-refractivity contribution in [3.8, 4) is 0 Å². The van der Waals surface area contributed by atoms with Gasteiger partial charge in [0.2, 0.25) is 5.91 Å². The van der Waals surface area contributed by atoms with Gasteiger partial charge in [0.25, 0.3) is 0 Å². The predicted octanol–water partition coefficient (Wildman–Crippen LogP) is 0.499. The minimum atomic E-state index is 0.179. The topological polar surface area (TPSA) is 57.7 Å². The van der Waals surface area contributed by atoms with E-state index < -0.39 is 0 Å². The van der Waals surface area contributed by atoms with Crippen molar-refractivity contribution in [2.75, 3.05) is 50.8 Å². The zero-order valence-corrected chi connectivity index (χ0v) is 12.9. The van der Waals surface area contributed by atoms with Crippen LogP contribution in [-0.4, -0.2) is 67.8 Å². The molecule has 1 aromatic rings. The van der Waals surface area contributed by atoms with Gasteiger partial charge in [-0.15, -0.1) is 0 Å². The fourth-order valence-corrected chi connectivity index (χ4v) is 2.98. The first-order chi connectivity index (χ1) is 10.8. The third-order valence-electron chi connectivity index (χ3n) is 4.28. The predicted molar refractivity (Wildman–Crippen MR) is 84.9 cm³/mol. The standard InChI is InChI=1S/C16H24N4O2/c21-16(13-17-12-14-4-3-11-22-14)20-9-7-19(8-10-20)15-5-1-2-6-18-15/h1-2,5-6,14,17H,3-4,7-13H2. The molecular weight excluding hydrogens is 280 g/mol. The number of hydrogen-bond acceptors (Lipinski definition) is 5. The maximum Gasteiger partial charge on any atom is 0.236 e. The maximum absolute atomic E-state index is 12.2. The Labute approximate surface area is 131 Å². The second-order valence-corrected chi connectivity index (χ2v) is 5.82. The Kier molecular flexibility index (Phi) is 5.24. The molecule has 6 heteroatoms. The third-order valence-corrected chi connectivity index (χ3v) is 4.28. The fraction of sp³-hybridized carbons (Fsp3) is 0.625. The summed E-state index contributed by atoms with van der Waals surface area (Å²) in [6.45, 7) is 5.25. The van der Waals surface area contributed by atoms with E-state index in [-0.39, 0.29) is 12.0 Å². The summed E-state index contributed by atoms with van der Waals surface area (Å²) in [4.78, 5) is 20.7. The van der Waals surface area contributed by atoms with E-state index >= 15 is 0 Å². The average Bonchev–Trinajstić information content (AvgIpc) is 3.09. The molecule has 1 aromatic heterocycles. The molecule has 1 unspecified atom stereocenters. The van der Waals surface area contributed by atoms with Crippen LogP contribution in [0.3, 0.4) is 0 Å². The Morgan fingerprint density at radius 1 is 1.32 bits per heavy atom. The minimum Gasteiger partial charge on any atom is -0.377 e. The van der Waals surface area contributed by atoms with Crippen LogP contribution in [0.25, 0.3) is 0 Å². The molecule has 1 N–H and O–H groups in total. The molecule has 2 aliphatic rings. The summed E-state index contributed by atoms with van der Waals surface area (Å²) < 4.78 is 5.54. The molecule has 3 rings (SSSR count). The van der Waals surface area contributed by atoms with Gasteiger partial charge in [0, 0.05) is 45.5 Å². The monoisotopic (exact) mass is 304 g/mol. The van der Waals surface area contributed by atoms with Crippen LogP contribution in [0.1, 0.15) is 12.8 Å². The largest absolute Gasteiger partial charge is 0.377 e. The molecule has 22 heavy (non-hydrogen) atoms. The number of aromatic nitrogens is 1. The SMILES string of the molecule is O=C(CNCC1CCCO1)N1CCN(c2ccccn2)CC1. The second kappa shape index (κ2) is 7.56. The maximum atomic E-state index is 12.2. The number of carbonyl (C=O) groups is 1. The second-order valence-electron chi connectivity index (χ2n) is 5.82. The van der Waals surface area contributed by atoms with Gasteiger partial charge in [0.1, 0.15) is 5.82 Å². The van der Waals surface area contributed by atoms with E-state index in [0.29, 0.717) is 6.54 Å². The van der Waals surface area contributed by atoms with Gasteiger partial charge in [-0.05, 0) is 25.0 Å². The van der Waals surface area contributed by atoms with Gasteiger partial charge >= 0.3 is 0 Å². The van der Waals surface area contributed by atoms with Crippen molar-refractivity contribution >= 4 is 11.7 Å². The molecule has 2 saturated heterocycles. The van der Waals surface area contributed by atoms with Gasteiger partial charge in [0.05, 0.1) is 12.6 Å². The van der Waals surface area contributed by atoms with Crippen molar-refractivity contribution in [3.63, 3.8) is 0 Å². The van der Waals surface area contributed by atoms with Crippen molar-refractivity contribution in [2.24, 2.45) is 0 Å². The Balaban J connectivity index is 1.38. The Hall–Kier alpha value is -1.66. The summed E-state index contributed by atoms with van der Waals surface area (Å²) in [6.07, 6.45) is 4.33. The highest BCUT2D eigenvalue weighted by Crippen LogP contribution is 2.13. The first kappa shape index (κ1) is 15.2. The number of ether oxygens (including phenoxy) is 1. The van der Waals surface area contributed by atoms with Gasteiger partial charge in [-0.25, -0.2) is 4.98 Å². The van der Waals surface area contributed by atoms with E-state index in [1.807, 2.05) is 29.3 Å². The number of nitrogens with zero attached hydrogens (tertiary/aromatic N) is 3. The number of amides is 1. The van der Waals surface area contributed by atoms with Crippen LogP contribution in [0.4, 0.5) is 5.82 Å². The lowest BCUT2D eigenvalue weighted by atomic mass is 10.2. The molecule has 2 fully saturated rings. The number of hydrogen-bond donors (Lipinski definition) is 1. The molecule has 0 aromatic carbocycles. The molecule has 6 nitrogen and oxygen atoms in total. The van der Waals surface area contributed by atoms with E-state index in [1.54, 1.807) is 0 Å². The van der Waals surface area contributed by atoms with Gasteiger partial charge in [0.15, 0.2) is 0 Å².